The molecule has 1 atom stereocenters. The Balaban J connectivity index is 2.74. The predicted molar refractivity (Wildman–Crippen MR) is 70.7 cm³/mol. The summed E-state index contributed by atoms with van der Waals surface area (Å²) in [5, 5.41) is 14.1. The number of nitrogens with one attached hydrogen (secondary N) is 1. The number of carbonyl (C=O) groups excluding carboxylic acids is 1. The molecule has 0 heterocycles. The highest BCUT2D eigenvalue weighted by atomic mass is 19.1. The van der Waals surface area contributed by atoms with E-state index >= 15 is 0 Å². The largest absolute Gasteiger partial charge is 0.409 e. The van der Waals surface area contributed by atoms with Crippen LogP contribution in [0.2, 0.25) is 0 Å². The fraction of sp³-hybridized carbons (Fsp3) is 0.385. The molecule has 1 aromatic carbocycles. The first-order valence-electron chi connectivity index (χ1n) is 6.01. The van der Waals surface area contributed by atoms with Gasteiger partial charge in [-0.15, -0.1) is 0 Å². The van der Waals surface area contributed by atoms with Gasteiger partial charge in [-0.3, -0.25) is 4.79 Å². The van der Waals surface area contributed by atoms with Crippen LogP contribution in [-0.4, -0.2) is 23.0 Å². The zero-order valence-electron chi connectivity index (χ0n) is 11.0. The second-order valence-electron chi connectivity index (χ2n) is 4.34. The van der Waals surface area contributed by atoms with E-state index in [2.05, 4.69) is 10.5 Å². The Morgan fingerprint density at radius 1 is 1.58 bits per heavy atom. The van der Waals surface area contributed by atoms with Crippen molar-refractivity contribution in [2.75, 3.05) is 0 Å². The maximum atomic E-state index is 13.4. The first kappa shape index (κ1) is 14.9. The number of oxime groups is 1. The molecule has 19 heavy (non-hydrogen) atoms. The Morgan fingerprint density at radius 3 is 2.79 bits per heavy atom. The van der Waals surface area contributed by atoms with Crippen LogP contribution < -0.4 is 11.1 Å². The van der Waals surface area contributed by atoms with E-state index in [1.807, 2.05) is 6.92 Å². The lowest BCUT2D eigenvalue weighted by Crippen LogP contribution is -2.37. The monoisotopic (exact) mass is 267 g/mol. The zero-order valence-corrected chi connectivity index (χ0v) is 11.0. The molecule has 0 bridgehead atoms. The van der Waals surface area contributed by atoms with Gasteiger partial charge in [-0.25, -0.2) is 4.39 Å². The molecule has 0 fully saturated rings. The maximum Gasteiger partial charge on any atom is 0.251 e. The normalized spacial score (nSPS) is 13.1. The average Bonchev–Trinajstić information content (AvgIpc) is 2.40. The van der Waals surface area contributed by atoms with Crippen molar-refractivity contribution >= 4 is 11.7 Å². The highest BCUT2D eigenvalue weighted by Crippen LogP contribution is 2.10. The van der Waals surface area contributed by atoms with Crippen molar-refractivity contribution in [1.29, 1.82) is 0 Å². The second-order valence-corrected chi connectivity index (χ2v) is 4.34. The molecule has 104 valence electrons. The molecular formula is C13H18FN3O2. The van der Waals surface area contributed by atoms with Crippen molar-refractivity contribution in [1.82, 2.24) is 5.32 Å². The lowest BCUT2D eigenvalue weighted by molar-refractivity contribution is 0.0936. The highest BCUT2D eigenvalue weighted by molar-refractivity contribution is 5.94. The maximum absolute atomic E-state index is 13.4. The summed E-state index contributed by atoms with van der Waals surface area (Å²) in [5.74, 6) is -0.754. The van der Waals surface area contributed by atoms with Crippen LogP contribution in [0.5, 0.6) is 0 Å². The second kappa shape index (κ2) is 6.72. The quantitative estimate of drug-likeness (QED) is 0.329. The molecule has 1 unspecified atom stereocenters. The molecule has 1 amide bonds. The molecule has 1 aromatic rings. The summed E-state index contributed by atoms with van der Waals surface area (Å²) < 4.78 is 13.4. The van der Waals surface area contributed by atoms with Crippen LogP contribution in [-0.2, 0) is 0 Å². The van der Waals surface area contributed by atoms with Gasteiger partial charge in [0.25, 0.3) is 5.91 Å². The van der Waals surface area contributed by atoms with Gasteiger partial charge < -0.3 is 16.3 Å². The van der Waals surface area contributed by atoms with E-state index in [-0.39, 0.29) is 29.8 Å². The summed E-state index contributed by atoms with van der Waals surface area (Å²) in [6.07, 6.45) is 0.864. The first-order valence-corrected chi connectivity index (χ1v) is 6.01. The molecule has 0 saturated carbocycles. The molecule has 0 aromatic heterocycles. The Bertz CT molecular complexity index is 489. The van der Waals surface area contributed by atoms with Crippen LogP contribution in [0.15, 0.2) is 23.4 Å². The van der Waals surface area contributed by atoms with Crippen LogP contribution >= 0.6 is 0 Å². The van der Waals surface area contributed by atoms with Crippen LogP contribution in [0.1, 0.15) is 35.7 Å². The van der Waals surface area contributed by atoms with E-state index in [0.29, 0.717) is 12.0 Å². The lowest BCUT2D eigenvalue weighted by atomic mass is 10.1. The number of amidine groups is 1. The lowest BCUT2D eigenvalue weighted by Gasteiger charge is -2.16. The van der Waals surface area contributed by atoms with Crippen molar-refractivity contribution < 1.29 is 14.4 Å². The van der Waals surface area contributed by atoms with Crippen molar-refractivity contribution in [3.63, 3.8) is 0 Å². The van der Waals surface area contributed by atoms with E-state index in [0.717, 1.165) is 0 Å². The third-order valence-corrected chi connectivity index (χ3v) is 2.85. The van der Waals surface area contributed by atoms with E-state index in [1.165, 1.54) is 6.07 Å². The van der Waals surface area contributed by atoms with Crippen molar-refractivity contribution in [3.8, 4) is 0 Å². The molecule has 1 rings (SSSR count). The molecule has 0 saturated heterocycles. The van der Waals surface area contributed by atoms with Crippen LogP contribution in [0.25, 0.3) is 0 Å². The molecule has 0 aliphatic carbocycles. The van der Waals surface area contributed by atoms with E-state index in [4.69, 9.17) is 10.9 Å². The number of carbonyl (C=O) groups is 1. The summed E-state index contributed by atoms with van der Waals surface area (Å²) in [5.41, 5.74) is 6.13. The molecule has 0 aliphatic heterocycles. The van der Waals surface area contributed by atoms with Gasteiger partial charge in [0.05, 0.1) is 0 Å². The number of rotatable bonds is 5. The summed E-state index contributed by atoms with van der Waals surface area (Å²) >= 11 is 0. The number of amides is 1. The Kier molecular flexibility index (Phi) is 5.29. The fourth-order valence-electron chi connectivity index (χ4n) is 1.59. The third kappa shape index (κ3) is 4.24. The minimum atomic E-state index is -0.419. The minimum absolute atomic E-state index is 0.0437. The predicted octanol–water partition coefficient (Wildman–Crippen LogP) is 1.78. The van der Waals surface area contributed by atoms with Gasteiger partial charge in [0.1, 0.15) is 11.7 Å². The number of halogens is 1. The Labute approximate surface area is 111 Å². The van der Waals surface area contributed by atoms with Crippen molar-refractivity contribution in [2.45, 2.75) is 32.7 Å². The SMILES string of the molecule is CCC(CC(N)=NO)NC(=O)c1ccc(C)c(F)c1. The number of hydrogen-bond donors (Lipinski definition) is 3. The van der Waals surface area contributed by atoms with Gasteiger partial charge in [0.2, 0.25) is 0 Å². The third-order valence-electron chi connectivity index (χ3n) is 2.85. The smallest absolute Gasteiger partial charge is 0.251 e. The number of benzene rings is 1. The number of aryl methyl sites for hydroxylation is 1. The summed E-state index contributed by atoms with van der Waals surface area (Å²) in [6.45, 7) is 3.50. The summed E-state index contributed by atoms with van der Waals surface area (Å²) in [6, 6.07) is 4.05. The van der Waals surface area contributed by atoms with Crippen LogP contribution in [0, 0.1) is 12.7 Å². The molecule has 6 heteroatoms. The van der Waals surface area contributed by atoms with Crippen LogP contribution in [0.3, 0.4) is 0 Å². The van der Waals surface area contributed by atoms with Gasteiger partial charge in [-0.2, -0.15) is 0 Å². The summed E-state index contributed by atoms with van der Waals surface area (Å²) in [7, 11) is 0. The summed E-state index contributed by atoms with van der Waals surface area (Å²) in [4.78, 5) is 11.9. The molecule has 0 radical (unpaired) electrons. The van der Waals surface area contributed by atoms with Gasteiger partial charge in [0.15, 0.2) is 0 Å². The fourth-order valence-corrected chi connectivity index (χ4v) is 1.59. The number of hydrogen-bond acceptors (Lipinski definition) is 3. The van der Waals surface area contributed by atoms with E-state index < -0.39 is 5.82 Å². The van der Waals surface area contributed by atoms with Gasteiger partial charge in [0, 0.05) is 18.0 Å². The first-order chi connectivity index (χ1) is 8.97. The number of nitrogens with two attached hydrogens (primary N) is 1. The zero-order chi connectivity index (χ0) is 14.4. The molecule has 4 N–H and O–H groups in total. The van der Waals surface area contributed by atoms with Gasteiger partial charge in [-0.05, 0) is 31.0 Å². The highest BCUT2D eigenvalue weighted by Gasteiger charge is 2.14. The van der Waals surface area contributed by atoms with Crippen molar-refractivity contribution in [2.24, 2.45) is 10.9 Å². The average molecular weight is 267 g/mol. The molecule has 0 spiro atoms. The van der Waals surface area contributed by atoms with Gasteiger partial charge in [-0.1, -0.05) is 18.1 Å². The Hall–Kier alpha value is -2.11. The molecule has 0 aliphatic rings. The van der Waals surface area contributed by atoms with Crippen molar-refractivity contribution in [3.05, 3.63) is 35.1 Å². The molecular weight excluding hydrogens is 249 g/mol. The van der Waals surface area contributed by atoms with Gasteiger partial charge >= 0.3 is 0 Å². The number of nitrogens with zero attached hydrogens (tertiary/aromatic N) is 1. The van der Waals surface area contributed by atoms with E-state index in [9.17, 15) is 9.18 Å². The Morgan fingerprint density at radius 2 is 2.26 bits per heavy atom. The topological polar surface area (TPSA) is 87.7 Å². The standard InChI is InChI=1S/C13H18FN3O2/c1-3-10(7-12(15)17-19)16-13(18)9-5-4-8(2)11(14)6-9/h4-6,10,19H,3,7H2,1-2H3,(H2,15,17)(H,16,18). The molecule has 5 nitrogen and oxygen atoms in total. The van der Waals surface area contributed by atoms with Crippen LogP contribution in [0.4, 0.5) is 4.39 Å². The van der Waals surface area contributed by atoms with E-state index in [1.54, 1.807) is 19.1 Å². The minimum Gasteiger partial charge on any atom is -0.409 e.